The molecule has 0 amide bonds. The van der Waals surface area contributed by atoms with Crippen LogP contribution in [0, 0.1) is 27.7 Å². The minimum absolute atomic E-state index is 0.0802. The van der Waals surface area contributed by atoms with E-state index in [0.717, 1.165) is 35.7 Å². The molecule has 2 atom stereocenters. The second kappa shape index (κ2) is 8.97. The lowest BCUT2D eigenvalue weighted by Crippen LogP contribution is -2.16. The molecule has 0 N–H and O–H groups in total. The molecule has 2 unspecified atom stereocenters. The maximum Gasteiger partial charge on any atom is 0.125 e. The summed E-state index contributed by atoms with van der Waals surface area (Å²) in [5.74, 6) is 1.95. The van der Waals surface area contributed by atoms with E-state index in [1.54, 1.807) is 7.11 Å². The summed E-state index contributed by atoms with van der Waals surface area (Å²) in [6.07, 6.45) is 1.25. The summed E-state index contributed by atoms with van der Waals surface area (Å²) in [6.45, 7) is 12.5. The van der Waals surface area contributed by atoms with Crippen molar-refractivity contribution in [2.24, 2.45) is 0 Å². The summed E-state index contributed by atoms with van der Waals surface area (Å²) in [7, 11) is 1.71. The van der Waals surface area contributed by atoms with E-state index in [4.69, 9.17) is 18.9 Å². The highest BCUT2D eigenvalue weighted by molar-refractivity contribution is 5.47. The lowest BCUT2D eigenvalue weighted by molar-refractivity contribution is 0.0711. The van der Waals surface area contributed by atoms with Crippen LogP contribution in [0.3, 0.4) is 0 Å². The van der Waals surface area contributed by atoms with E-state index in [-0.39, 0.29) is 12.2 Å². The smallest absolute Gasteiger partial charge is 0.125 e. The Balaban J connectivity index is 1.72. The molecule has 1 aliphatic heterocycles. The number of epoxide rings is 1. The van der Waals surface area contributed by atoms with Crippen LogP contribution in [0.4, 0.5) is 0 Å². The molecule has 2 aromatic rings. The van der Waals surface area contributed by atoms with Gasteiger partial charge in [0.05, 0.1) is 12.7 Å². The van der Waals surface area contributed by atoms with E-state index in [1.165, 1.54) is 22.3 Å². The predicted molar refractivity (Wildman–Crippen MR) is 112 cm³/mol. The fraction of sp³-hybridized carbons (Fsp3) is 0.500. The monoisotopic (exact) mass is 384 g/mol. The molecular formula is C24H32O4. The summed E-state index contributed by atoms with van der Waals surface area (Å²) < 4.78 is 22.5. The fourth-order valence-corrected chi connectivity index (χ4v) is 3.58. The molecule has 4 nitrogen and oxygen atoms in total. The van der Waals surface area contributed by atoms with Gasteiger partial charge in [-0.2, -0.15) is 0 Å². The number of hydrogen-bond donors (Lipinski definition) is 0. The van der Waals surface area contributed by atoms with Crippen molar-refractivity contribution in [1.82, 2.24) is 0 Å². The Morgan fingerprint density at radius 3 is 1.79 bits per heavy atom. The third-order valence-electron chi connectivity index (χ3n) is 5.13. The molecule has 1 fully saturated rings. The van der Waals surface area contributed by atoms with Crippen LogP contribution < -0.4 is 9.47 Å². The van der Waals surface area contributed by atoms with Crippen molar-refractivity contribution in [2.75, 3.05) is 26.9 Å². The van der Waals surface area contributed by atoms with Crippen molar-refractivity contribution in [2.45, 2.75) is 53.2 Å². The second-order valence-electron chi connectivity index (χ2n) is 7.92. The number of rotatable bonds is 9. The number of ether oxygens (including phenoxy) is 4. The molecule has 152 valence electrons. The zero-order valence-electron chi connectivity index (χ0n) is 17.9. The standard InChI is InChI=1S/C24H32O4/c1-15-7-20(8-16(2)23(15)27-12-19(5)25-6)11-21-9-17(3)24(18(4)10-21)28-14-22-13-26-22/h7-10,19,22H,11-14H2,1-6H3. The van der Waals surface area contributed by atoms with Gasteiger partial charge in [-0.3, -0.25) is 0 Å². The molecule has 0 radical (unpaired) electrons. The quantitative estimate of drug-likeness (QED) is 0.588. The van der Waals surface area contributed by atoms with Crippen LogP contribution in [0.1, 0.15) is 40.3 Å². The summed E-state index contributed by atoms with van der Waals surface area (Å²) in [4.78, 5) is 0. The van der Waals surface area contributed by atoms with Crippen LogP contribution in [0.5, 0.6) is 11.5 Å². The number of hydrogen-bond acceptors (Lipinski definition) is 4. The van der Waals surface area contributed by atoms with Crippen molar-refractivity contribution in [3.63, 3.8) is 0 Å². The van der Waals surface area contributed by atoms with Gasteiger partial charge in [0.25, 0.3) is 0 Å². The highest BCUT2D eigenvalue weighted by Crippen LogP contribution is 2.29. The SMILES string of the molecule is COC(C)COc1c(C)cc(Cc2cc(C)c(OCC3CO3)c(C)c2)cc1C. The topological polar surface area (TPSA) is 40.2 Å². The van der Waals surface area contributed by atoms with Crippen LogP contribution in [-0.2, 0) is 15.9 Å². The minimum atomic E-state index is 0.0802. The van der Waals surface area contributed by atoms with E-state index in [0.29, 0.717) is 13.2 Å². The number of methoxy groups -OCH3 is 1. The first-order chi connectivity index (χ1) is 13.4. The van der Waals surface area contributed by atoms with E-state index in [2.05, 4.69) is 52.0 Å². The number of benzene rings is 2. The third-order valence-corrected chi connectivity index (χ3v) is 5.13. The van der Waals surface area contributed by atoms with E-state index < -0.39 is 0 Å². The Morgan fingerprint density at radius 2 is 1.36 bits per heavy atom. The van der Waals surface area contributed by atoms with Gasteiger partial charge in [0.1, 0.15) is 30.8 Å². The van der Waals surface area contributed by atoms with Crippen molar-refractivity contribution in [1.29, 1.82) is 0 Å². The van der Waals surface area contributed by atoms with Crippen molar-refractivity contribution in [3.05, 3.63) is 57.6 Å². The Labute approximate surface area is 168 Å². The lowest BCUT2D eigenvalue weighted by Gasteiger charge is -2.17. The van der Waals surface area contributed by atoms with Gasteiger partial charge in [-0.1, -0.05) is 24.3 Å². The lowest BCUT2D eigenvalue weighted by atomic mass is 9.97. The maximum atomic E-state index is 5.98. The van der Waals surface area contributed by atoms with Crippen molar-refractivity contribution < 1.29 is 18.9 Å². The minimum Gasteiger partial charge on any atom is -0.490 e. The zero-order valence-corrected chi connectivity index (χ0v) is 17.9. The highest BCUT2D eigenvalue weighted by atomic mass is 16.6. The molecule has 0 bridgehead atoms. The fourth-order valence-electron chi connectivity index (χ4n) is 3.58. The van der Waals surface area contributed by atoms with Gasteiger partial charge in [-0.15, -0.1) is 0 Å². The molecule has 4 heteroatoms. The Morgan fingerprint density at radius 1 is 0.893 bits per heavy atom. The first kappa shape index (κ1) is 20.7. The van der Waals surface area contributed by atoms with Gasteiger partial charge in [-0.05, 0) is 74.4 Å². The van der Waals surface area contributed by atoms with Crippen molar-refractivity contribution >= 4 is 0 Å². The van der Waals surface area contributed by atoms with E-state index in [9.17, 15) is 0 Å². The molecule has 2 aromatic carbocycles. The summed E-state index contributed by atoms with van der Waals surface area (Å²) in [6, 6.07) is 8.90. The Bertz CT molecular complexity index is 777. The molecule has 1 aliphatic rings. The molecule has 0 saturated carbocycles. The molecule has 28 heavy (non-hydrogen) atoms. The van der Waals surface area contributed by atoms with Crippen LogP contribution in [0.2, 0.25) is 0 Å². The van der Waals surface area contributed by atoms with Crippen LogP contribution >= 0.6 is 0 Å². The van der Waals surface area contributed by atoms with E-state index >= 15 is 0 Å². The first-order valence-corrected chi connectivity index (χ1v) is 9.97. The van der Waals surface area contributed by atoms with E-state index in [1.807, 2.05) is 6.92 Å². The molecule has 0 spiro atoms. The maximum absolute atomic E-state index is 5.98. The molecule has 3 rings (SSSR count). The van der Waals surface area contributed by atoms with Gasteiger partial charge in [0.15, 0.2) is 0 Å². The molecule has 1 heterocycles. The summed E-state index contributed by atoms with van der Waals surface area (Å²) >= 11 is 0. The third kappa shape index (κ3) is 5.27. The zero-order chi connectivity index (χ0) is 20.3. The van der Waals surface area contributed by atoms with Gasteiger partial charge in [0, 0.05) is 7.11 Å². The largest absolute Gasteiger partial charge is 0.490 e. The predicted octanol–water partition coefficient (Wildman–Crippen LogP) is 4.70. The Hall–Kier alpha value is -2.04. The summed E-state index contributed by atoms with van der Waals surface area (Å²) in [5, 5.41) is 0. The molecule has 1 saturated heterocycles. The van der Waals surface area contributed by atoms with Crippen LogP contribution in [0.15, 0.2) is 24.3 Å². The summed E-state index contributed by atoms with van der Waals surface area (Å²) in [5.41, 5.74) is 7.27. The average Bonchev–Trinajstić information content (AvgIpc) is 3.44. The van der Waals surface area contributed by atoms with Gasteiger partial charge >= 0.3 is 0 Å². The highest BCUT2D eigenvalue weighted by Gasteiger charge is 2.23. The average molecular weight is 385 g/mol. The first-order valence-electron chi connectivity index (χ1n) is 9.97. The van der Waals surface area contributed by atoms with Crippen LogP contribution in [-0.4, -0.2) is 39.1 Å². The molecule has 0 aliphatic carbocycles. The van der Waals surface area contributed by atoms with Gasteiger partial charge in [-0.25, -0.2) is 0 Å². The number of aryl methyl sites for hydroxylation is 4. The normalized spacial score (nSPS) is 16.7. The van der Waals surface area contributed by atoms with Gasteiger partial charge in [0.2, 0.25) is 0 Å². The van der Waals surface area contributed by atoms with Crippen molar-refractivity contribution in [3.8, 4) is 11.5 Å². The van der Waals surface area contributed by atoms with Crippen LogP contribution in [0.25, 0.3) is 0 Å². The second-order valence-corrected chi connectivity index (χ2v) is 7.92. The molecule has 0 aromatic heterocycles. The van der Waals surface area contributed by atoms with Gasteiger partial charge < -0.3 is 18.9 Å². The Kier molecular flexibility index (Phi) is 6.63. The molecular weight excluding hydrogens is 352 g/mol.